The van der Waals surface area contributed by atoms with Crippen molar-refractivity contribution in [2.24, 2.45) is 0 Å². The van der Waals surface area contributed by atoms with Gasteiger partial charge in [-0.15, -0.1) is 0 Å². The third kappa shape index (κ3) is 9.30. The van der Waals surface area contributed by atoms with E-state index in [1.54, 1.807) is 13.0 Å². The Morgan fingerprint density at radius 1 is 1.31 bits per heavy atom. The molecule has 13 heavy (non-hydrogen) atoms. The molecule has 0 aromatic rings. The van der Waals surface area contributed by atoms with Crippen LogP contribution in [0.1, 0.15) is 6.92 Å². The van der Waals surface area contributed by atoms with Crippen LogP contribution in [-0.4, -0.2) is 27.5 Å². The Hall–Kier alpha value is -0.613. The lowest BCUT2D eigenvalue weighted by Crippen LogP contribution is -2.27. The summed E-state index contributed by atoms with van der Waals surface area (Å²) in [4.78, 5) is 10.8. The quantitative estimate of drug-likeness (QED) is 0.296. The lowest BCUT2D eigenvalue weighted by molar-refractivity contribution is -0.138. The van der Waals surface area contributed by atoms with Crippen LogP contribution >= 0.6 is 0 Å². The van der Waals surface area contributed by atoms with Crippen molar-refractivity contribution in [1.29, 1.82) is 0 Å². The molecule has 0 heterocycles. The van der Waals surface area contributed by atoms with Crippen molar-refractivity contribution in [3.8, 4) is 0 Å². The van der Waals surface area contributed by atoms with E-state index in [1.165, 1.54) is 6.08 Å². The minimum absolute atomic E-state index is 0.304. The highest BCUT2D eigenvalue weighted by atomic mass is 28.4. The van der Waals surface area contributed by atoms with Gasteiger partial charge in [0, 0.05) is 6.08 Å². The van der Waals surface area contributed by atoms with E-state index in [0.29, 0.717) is 13.2 Å². The summed E-state index contributed by atoms with van der Waals surface area (Å²) in [7, 11) is -1.46. The van der Waals surface area contributed by atoms with Gasteiger partial charge in [-0.1, -0.05) is 6.08 Å². The molecule has 0 aromatic carbocycles. The van der Waals surface area contributed by atoms with Crippen LogP contribution in [0.4, 0.5) is 0 Å². The zero-order valence-electron chi connectivity index (χ0n) is 8.79. The van der Waals surface area contributed by atoms with Gasteiger partial charge in [-0.2, -0.15) is 0 Å². The number of carbonyl (C=O) groups is 1. The fourth-order valence-corrected chi connectivity index (χ4v) is 1.37. The maximum absolute atomic E-state index is 10.8. The zero-order chi connectivity index (χ0) is 10.3. The Kier molecular flexibility index (Phi) is 5.66. The molecule has 0 aromatic heterocycles. The molecule has 0 saturated carbocycles. The highest BCUT2D eigenvalue weighted by Crippen LogP contribution is 2.01. The lowest BCUT2D eigenvalue weighted by Gasteiger charge is -2.16. The summed E-state index contributed by atoms with van der Waals surface area (Å²) in [5.74, 6) is -0.304. The van der Waals surface area contributed by atoms with Gasteiger partial charge in [-0.05, 0) is 26.6 Å². The first-order valence-electron chi connectivity index (χ1n) is 4.39. The van der Waals surface area contributed by atoms with Crippen molar-refractivity contribution >= 4 is 14.3 Å². The van der Waals surface area contributed by atoms with Crippen molar-refractivity contribution in [1.82, 2.24) is 0 Å². The molecule has 76 valence electrons. The van der Waals surface area contributed by atoms with Gasteiger partial charge in [0.25, 0.3) is 0 Å². The first-order chi connectivity index (χ1) is 5.95. The van der Waals surface area contributed by atoms with Gasteiger partial charge < -0.3 is 9.16 Å². The highest BCUT2D eigenvalue weighted by molar-refractivity contribution is 6.69. The molecule has 0 bridgehead atoms. The number of esters is 1. The fraction of sp³-hybridized carbons (Fsp3) is 0.667. The van der Waals surface area contributed by atoms with E-state index in [4.69, 9.17) is 9.16 Å². The maximum Gasteiger partial charge on any atom is 0.330 e. The lowest BCUT2D eigenvalue weighted by atomic mass is 10.5. The van der Waals surface area contributed by atoms with Crippen LogP contribution in [0.25, 0.3) is 0 Å². The summed E-state index contributed by atoms with van der Waals surface area (Å²) in [5, 5.41) is 0. The van der Waals surface area contributed by atoms with E-state index in [-0.39, 0.29) is 5.97 Å². The average Bonchev–Trinajstić information content (AvgIpc) is 1.97. The van der Waals surface area contributed by atoms with E-state index in [0.717, 1.165) is 0 Å². The van der Waals surface area contributed by atoms with Crippen LogP contribution in [0.3, 0.4) is 0 Å². The number of rotatable bonds is 5. The number of ether oxygens (including phenoxy) is 1. The second kappa shape index (κ2) is 5.94. The smallest absolute Gasteiger partial charge is 0.330 e. The average molecular weight is 202 g/mol. The van der Waals surface area contributed by atoms with Crippen molar-refractivity contribution in [2.45, 2.75) is 26.6 Å². The zero-order valence-corrected chi connectivity index (χ0v) is 9.79. The first-order valence-corrected chi connectivity index (χ1v) is 7.80. The van der Waals surface area contributed by atoms with Gasteiger partial charge in [-0.3, -0.25) is 0 Å². The Morgan fingerprint density at radius 2 is 1.92 bits per heavy atom. The molecule has 0 unspecified atom stereocenters. The molecule has 0 rings (SSSR count). The maximum atomic E-state index is 10.8. The molecular formula is C9H18O3Si. The van der Waals surface area contributed by atoms with E-state index < -0.39 is 8.32 Å². The molecule has 0 aliphatic heterocycles. The van der Waals surface area contributed by atoms with Crippen molar-refractivity contribution < 1.29 is 14.0 Å². The van der Waals surface area contributed by atoms with E-state index in [9.17, 15) is 4.79 Å². The third-order valence-electron chi connectivity index (χ3n) is 1.17. The van der Waals surface area contributed by atoms with Crippen LogP contribution in [0.5, 0.6) is 0 Å². The summed E-state index contributed by atoms with van der Waals surface area (Å²) >= 11 is 0. The third-order valence-corrected chi connectivity index (χ3v) is 2.24. The summed E-state index contributed by atoms with van der Waals surface area (Å²) < 4.78 is 10.3. The van der Waals surface area contributed by atoms with Gasteiger partial charge in [0.2, 0.25) is 0 Å². The summed E-state index contributed by atoms with van der Waals surface area (Å²) in [6.45, 7) is 8.91. The van der Waals surface area contributed by atoms with Crippen LogP contribution in [-0.2, 0) is 14.0 Å². The summed E-state index contributed by atoms with van der Waals surface area (Å²) in [6.07, 6.45) is 3.05. The molecular weight excluding hydrogens is 184 g/mol. The molecule has 0 aliphatic rings. The summed E-state index contributed by atoms with van der Waals surface area (Å²) in [6, 6.07) is 0. The predicted molar refractivity (Wildman–Crippen MR) is 55.1 cm³/mol. The topological polar surface area (TPSA) is 35.5 Å². The van der Waals surface area contributed by atoms with Gasteiger partial charge in [0.1, 0.15) is 6.61 Å². The molecule has 3 nitrogen and oxygen atoms in total. The SMILES string of the molecule is CC=CC(=O)OCCO[Si](C)(C)C. The van der Waals surface area contributed by atoms with Gasteiger partial charge in [0.05, 0.1) is 6.61 Å². The van der Waals surface area contributed by atoms with Gasteiger partial charge >= 0.3 is 5.97 Å². The molecule has 4 heteroatoms. The standard InChI is InChI=1S/C9H18O3Si/c1-5-6-9(10)11-7-8-12-13(2,3)4/h5-6H,7-8H2,1-4H3. The monoisotopic (exact) mass is 202 g/mol. The predicted octanol–water partition coefficient (Wildman–Crippen LogP) is 1.96. The first kappa shape index (κ1) is 12.4. The largest absolute Gasteiger partial charge is 0.460 e. The normalized spacial score (nSPS) is 12.0. The molecule has 0 spiro atoms. The minimum atomic E-state index is -1.46. The molecule has 0 atom stereocenters. The van der Waals surface area contributed by atoms with Crippen LogP contribution in [0, 0.1) is 0 Å². The Bertz CT molecular complexity index is 182. The Labute approximate surface area is 80.9 Å². The van der Waals surface area contributed by atoms with Gasteiger partial charge in [0.15, 0.2) is 8.32 Å². The molecule has 0 aliphatic carbocycles. The van der Waals surface area contributed by atoms with Gasteiger partial charge in [-0.25, -0.2) is 4.79 Å². The van der Waals surface area contributed by atoms with Crippen molar-refractivity contribution in [2.75, 3.05) is 13.2 Å². The molecule has 0 radical (unpaired) electrons. The van der Waals surface area contributed by atoms with Crippen LogP contribution in [0.15, 0.2) is 12.2 Å². The minimum Gasteiger partial charge on any atom is -0.460 e. The molecule has 0 fully saturated rings. The Balaban J connectivity index is 3.41. The molecule has 0 amide bonds. The Morgan fingerprint density at radius 3 is 2.38 bits per heavy atom. The van der Waals surface area contributed by atoms with E-state index in [1.807, 2.05) is 0 Å². The number of carbonyl (C=O) groups excluding carboxylic acids is 1. The van der Waals surface area contributed by atoms with Crippen LogP contribution < -0.4 is 0 Å². The van der Waals surface area contributed by atoms with E-state index in [2.05, 4.69) is 19.6 Å². The second-order valence-corrected chi connectivity index (χ2v) is 8.14. The number of hydrogen-bond donors (Lipinski definition) is 0. The van der Waals surface area contributed by atoms with Crippen molar-refractivity contribution in [3.05, 3.63) is 12.2 Å². The number of hydrogen-bond acceptors (Lipinski definition) is 3. The summed E-state index contributed by atoms with van der Waals surface area (Å²) in [5.41, 5.74) is 0. The molecule has 0 saturated heterocycles. The van der Waals surface area contributed by atoms with Crippen molar-refractivity contribution in [3.63, 3.8) is 0 Å². The van der Waals surface area contributed by atoms with E-state index >= 15 is 0 Å². The van der Waals surface area contributed by atoms with Crippen LogP contribution in [0.2, 0.25) is 19.6 Å². The molecule has 0 N–H and O–H groups in total. The number of allylic oxidation sites excluding steroid dienone is 1. The highest BCUT2D eigenvalue weighted by Gasteiger charge is 2.13. The second-order valence-electron chi connectivity index (χ2n) is 3.63. The fourth-order valence-electron chi connectivity index (χ4n) is 0.674.